The largest absolute Gasteiger partial charge is 0.496 e. The number of halogens is 1. The van der Waals surface area contributed by atoms with Crippen molar-refractivity contribution >= 4 is 23.1 Å². The van der Waals surface area contributed by atoms with E-state index in [9.17, 15) is 14.0 Å². The van der Waals surface area contributed by atoms with Crippen LogP contribution in [0.3, 0.4) is 0 Å². The third-order valence-corrected chi connectivity index (χ3v) is 5.97. The van der Waals surface area contributed by atoms with Crippen LogP contribution in [-0.2, 0) is 22.6 Å². The summed E-state index contributed by atoms with van der Waals surface area (Å²) in [5, 5.41) is 0. The minimum Gasteiger partial charge on any atom is -0.496 e. The first-order chi connectivity index (χ1) is 15.6. The number of hydrogen-bond donors (Lipinski definition) is 0. The van der Waals surface area contributed by atoms with E-state index in [0.717, 1.165) is 16.9 Å². The van der Waals surface area contributed by atoms with Gasteiger partial charge in [-0.2, -0.15) is 0 Å². The Kier molecular flexibility index (Phi) is 4.98. The van der Waals surface area contributed by atoms with Crippen LogP contribution in [0.5, 0.6) is 5.75 Å². The zero-order chi connectivity index (χ0) is 22.2. The third kappa shape index (κ3) is 3.24. The van der Waals surface area contributed by atoms with Gasteiger partial charge in [0.15, 0.2) is 0 Å². The highest BCUT2D eigenvalue weighted by Gasteiger charge is 2.43. The summed E-state index contributed by atoms with van der Waals surface area (Å²) in [6.07, 6.45) is 0.775. The van der Waals surface area contributed by atoms with Crippen LogP contribution in [0.25, 0.3) is 5.57 Å². The number of anilines is 1. The second-order valence-corrected chi connectivity index (χ2v) is 7.79. The van der Waals surface area contributed by atoms with Gasteiger partial charge in [-0.05, 0) is 47.9 Å². The molecule has 5 nitrogen and oxygen atoms in total. The molecule has 0 saturated carbocycles. The molecule has 2 aliphatic heterocycles. The van der Waals surface area contributed by atoms with Gasteiger partial charge >= 0.3 is 0 Å². The lowest BCUT2D eigenvalue weighted by atomic mass is 9.97. The van der Waals surface area contributed by atoms with E-state index in [1.807, 2.05) is 35.2 Å². The summed E-state index contributed by atoms with van der Waals surface area (Å²) in [7, 11) is 1.54. The van der Waals surface area contributed by atoms with Crippen LogP contribution >= 0.6 is 0 Å². The molecule has 3 aromatic rings. The minimum atomic E-state index is -0.444. The normalized spacial score (nSPS) is 15.9. The Morgan fingerprint density at radius 1 is 0.844 bits per heavy atom. The smallest absolute Gasteiger partial charge is 0.282 e. The van der Waals surface area contributed by atoms with Gasteiger partial charge < -0.3 is 9.64 Å². The minimum absolute atomic E-state index is 0.302. The Morgan fingerprint density at radius 3 is 2.28 bits per heavy atom. The van der Waals surface area contributed by atoms with Gasteiger partial charge in [-0.15, -0.1) is 0 Å². The summed E-state index contributed by atoms with van der Waals surface area (Å²) in [5.74, 6) is -0.778. The second-order valence-electron chi connectivity index (χ2n) is 7.79. The fraction of sp³-hybridized carbons (Fsp3) is 0.154. The average Bonchev–Trinajstić information content (AvgIpc) is 3.09. The van der Waals surface area contributed by atoms with Gasteiger partial charge in [0.2, 0.25) is 0 Å². The van der Waals surface area contributed by atoms with Gasteiger partial charge in [0.25, 0.3) is 11.8 Å². The molecular formula is C26H21FN2O3. The van der Waals surface area contributed by atoms with Crippen molar-refractivity contribution in [3.8, 4) is 5.75 Å². The third-order valence-electron chi connectivity index (χ3n) is 5.97. The van der Waals surface area contributed by atoms with Gasteiger partial charge in [0.05, 0.1) is 18.4 Å². The molecule has 5 rings (SSSR count). The first-order valence-corrected chi connectivity index (χ1v) is 10.4. The molecule has 6 heteroatoms. The molecule has 0 aliphatic carbocycles. The predicted molar refractivity (Wildman–Crippen MR) is 119 cm³/mol. The van der Waals surface area contributed by atoms with Crippen molar-refractivity contribution in [2.45, 2.75) is 13.0 Å². The van der Waals surface area contributed by atoms with Crippen LogP contribution < -0.4 is 9.64 Å². The molecule has 2 amide bonds. The SMILES string of the molecule is COc1ccccc1C1=C(N2CCc3ccccc3C2)C(=O)N(c2ccc(F)cc2)C1=O. The Balaban J connectivity index is 1.65. The molecule has 0 radical (unpaired) electrons. The quantitative estimate of drug-likeness (QED) is 0.585. The number of rotatable bonds is 4. The maximum Gasteiger partial charge on any atom is 0.282 e. The molecule has 0 saturated heterocycles. The highest BCUT2D eigenvalue weighted by atomic mass is 19.1. The van der Waals surface area contributed by atoms with Crippen molar-refractivity contribution in [1.29, 1.82) is 0 Å². The van der Waals surface area contributed by atoms with Crippen molar-refractivity contribution in [3.63, 3.8) is 0 Å². The van der Waals surface area contributed by atoms with Crippen molar-refractivity contribution in [2.75, 3.05) is 18.6 Å². The molecule has 0 fully saturated rings. The number of imide groups is 1. The molecule has 0 unspecified atom stereocenters. The number of para-hydroxylation sites is 1. The van der Waals surface area contributed by atoms with Gasteiger partial charge in [-0.3, -0.25) is 9.59 Å². The molecule has 3 aromatic carbocycles. The Labute approximate surface area is 185 Å². The van der Waals surface area contributed by atoms with Crippen molar-refractivity contribution in [2.24, 2.45) is 0 Å². The number of fused-ring (bicyclic) bond motifs is 1. The number of carbonyl (C=O) groups is 2. The van der Waals surface area contributed by atoms with Crippen LogP contribution in [0, 0.1) is 5.82 Å². The predicted octanol–water partition coefficient (Wildman–Crippen LogP) is 4.18. The molecule has 32 heavy (non-hydrogen) atoms. The summed E-state index contributed by atoms with van der Waals surface area (Å²) in [6, 6.07) is 20.7. The van der Waals surface area contributed by atoms with Crippen LogP contribution in [-0.4, -0.2) is 30.4 Å². The molecule has 0 N–H and O–H groups in total. The van der Waals surface area contributed by atoms with Gasteiger partial charge in [0, 0.05) is 18.7 Å². The fourth-order valence-corrected chi connectivity index (χ4v) is 4.42. The standard InChI is InChI=1S/C26H21FN2O3/c1-32-22-9-5-4-8-21(22)23-24(28-15-14-17-6-2-3-7-18(17)16-28)26(31)29(25(23)30)20-12-10-19(27)11-13-20/h2-13H,14-16H2,1H3. The number of amides is 2. The zero-order valence-corrected chi connectivity index (χ0v) is 17.5. The van der Waals surface area contributed by atoms with Gasteiger partial charge in [-0.1, -0.05) is 42.5 Å². The average molecular weight is 428 g/mol. The van der Waals surface area contributed by atoms with E-state index >= 15 is 0 Å². The number of ether oxygens (including phenoxy) is 1. The van der Waals surface area contributed by atoms with E-state index in [2.05, 4.69) is 6.07 Å². The molecular weight excluding hydrogens is 407 g/mol. The van der Waals surface area contributed by atoms with E-state index in [0.29, 0.717) is 41.4 Å². The number of nitrogens with zero attached hydrogens (tertiary/aromatic N) is 2. The lowest BCUT2D eigenvalue weighted by Crippen LogP contribution is -2.37. The Bertz CT molecular complexity index is 1250. The summed E-state index contributed by atoms with van der Waals surface area (Å²) >= 11 is 0. The molecule has 0 aromatic heterocycles. The highest BCUT2D eigenvalue weighted by molar-refractivity contribution is 6.45. The molecule has 0 spiro atoms. The maximum atomic E-state index is 13.7. The van der Waals surface area contributed by atoms with Gasteiger partial charge in [-0.25, -0.2) is 9.29 Å². The maximum absolute atomic E-state index is 13.7. The molecule has 0 bridgehead atoms. The lowest BCUT2D eigenvalue weighted by Gasteiger charge is -2.31. The van der Waals surface area contributed by atoms with Gasteiger partial charge in [0.1, 0.15) is 17.3 Å². The summed E-state index contributed by atoms with van der Waals surface area (Å²) in [6.45, 7) is 1.14. The van der Waals surface area contributed by atoms with Crippen LogP contribution in [0.4, 0.5) is 10.1 Å². The molecule has 2 aliphatic rings. The van der Waals surface area contributed by atoms with Crippen LogP contribution in [0.15, 0.2) is 78.5 Å². The first-order valence-electron chi connectivity index (χ1n) is 10.4. The number of carbonyl (C=O) groups excluding carboxylic acids is 2. The Morgan fingerprint density at radius 2 is 1.53 bits per heavy atom. The number of hydrogen-bond acceptors (Lipinski definition) is 4. The topological polar surface area (TPSA) is 49.9 Å². The zero-order valence-electron chi connectivity index (χ0n) is 17.5. The number of benzene rings is 3. The molecule has 160 valence electrons. The van der Waals surface area contributed by atoms with Crippen molar-refractivity contribution < 1.29 is 18.7 Å². The Hall–Kier alpha value is -3.93. The van der Waals surface area contributed by atoms with E-state index in [-0.39, 0.29) is 0 Å². The van der Waals surface area contributed by atoms with E-state index in [1.165, 1.54) is 36.9 Å². The van der Waals surface area contributed by atoms with Crippen molar-refractivity contribution in [1.82, 2.24) is 4.90 Å². The van der Waals surface area contributed by atoms with E-state index in [1.54, 1.807) is 12.1 Å². The first kappa shape index (κ1) is 20.0. The van der Waals surface area contributed by atoms with Crippen LogP contribution in [0.2, 0.25) is 0 Å². The van der Waals surface area contributed by atoms with E-state index in [4.69, 9.17) is 4.74 Å². The summed E-state index contributed by atoms with van der Waals surface area (Å²) in [5.41, 5.74) is 3.92. The van der Waals surface area contributed by atoms with E-state index < -0.39 is 17.6 Å². The molecule has 2 heterocycles. The highest BCUT2D eigenvalue weighted by Crippen LogP contribution is 2.39. The van der Waals surface area contributed by atoms with Crippen LogP contribution in [0.1, 0.15) is 16.7 Å². The molecule has 0 atom stereocenters. The second kappa shape index (κ2) is 7.96. The monoisotopic (exact) mass is 428 g/mol. The lowest BCUT2D eigenvalue weighted by molar-refractivity contribution is -0.120. The number of methoxy groups -OCH3 is 1. The summed E-state index contributed by atoms with van der Waals surface area (Å²) < 4.78 is 19.0. The van der Waals surface area contributed by atoms with Crippen molar-refractivity contribution in [3.05, 3.63) is 101 Å². The summed E-state index contributed by atoms with van der Waals surface area (Å²) in [4.78, 5) is 30.4. The fourth-order valence-electron chi connectivity index (χ4n) is 4.42.